The number of aromatic nitrogens is 1. The fraction of sp³-hybridized carbons (Fsp3) is 0.321. The van der Waals surface area contributed by atoms with E-state index in [1.54, 1.807) is 6.92 Å². The Bertz CT molecular complexity index is 1480. The summed E-state index contributed by atoms with van der Waals surface area (Å²) in [5.74, 6) is 6.21. The second-order valence-corrected chi connectivity index (χ2v) is 11.0. The van der Waals surface area contributed by atoms with E-state index in [9.17, 15) is 12.8 Å². The van der Waals surface area contributed by atoms with Crippen molar-refractivity contribution in [3.8, 4) is 17.6 Å². The van der Waals surface area contributed by atoms with Crippen LogP contribution in [0.5, 0.6) is 5.75 Å². The number of ether oxygens (including phenoxy) is 1. The molecule has 0 unspecified atom stereocenters. The smallest absolute Gasteiger partial charge is 0.263 e. The lowest BCUT2D eigenvalue weighted by atomic mass is 10.0. The van der Waals surface area contributed by atoms with Crippen molar-refractivity contribution in [1.29, 1.82) is 0 Å². The van der Waals surface area contributed by atoms with E-state index in [4.69, 9.17) is 4.74 Å². The quantitative estimate of drug-likeness (QED) is 0.375. The Hall–Kier alpha value is -3.61. The number of pyridine rings is 1. The average Bonchev–Trinajstić information content (AvgIpc) is 3.53. The van der Waals surface area contributed by atoms with Crippen LogP contribution in [0.3, 0.4) is 0 Å². The van der Waals surface area contributed by atoms with Gasteiger partial charge in [0.25, 0.3) is 10.0 Å². The third-order valence-corrected chi connectivity index (χ3v) is 8.24. The van der Waals surface area contributed by atoms with Gasteiger partial charge >= 0.3 is 0 Å². The highest BCUT2D eigenvalue weighted by molar-refractivity contribution is 7.92. The first-order valence-corrected chi connectivity index (χ1v) is 13.8. The molecule has 9 heteroatoms. The molecule has 1 saturated heterocycles. The van der Waals surface area contributed by atoms with Crippen molar-refractivity contribution >= 4 is 21.5 Å². The Morgan fingerprint density at radius 1 is 1.14 bits per heavy atom. The van der Waals surface area contributed by atoms with E-state index >= 15 is 0 Å². The van der Waals surface area contributed by atoms with Gasteiger partial charge in [0.1, 0.15) is 11.6 Å². The highest BCUT2D eigenvalue weighted by Crippen LogP contribution is 2.42. The van der Waals surface area contributed by atoms with Crippen molar-refractivity contribution in [3.63, 3.8) is 0 Å². The Morgan fingerprint density at radius 2 is 1.92 bits per heavy atom. The van der Waals surface area contributed by atoms with Gasteiger partial charge < -0.3 is 9.64 Å². The van der Waals surface area contributed by atoms with E-state index in [0.29, 0.717) is 18.0 Å². The van der Waals surface area contributed by atoms with E-state index in [-0.39, 0.29) is 16.8 Å². The third kappa shape index (κ3) is 5.55. The van der Waals surface area contributed by atoms with E-state index in [1.165, 1.54) is 31.0 Å². The van der Waals surface area contributed by atoms with Gasteiger partial charge in [-0.1, -0.05) is 30.0 Å². The molecule has 1 N–H and O–H groups in total. The first-order valence-electron chi connectivity index (χ1n) is 12.3. The molecule has 3 heterocycles. The predicted octanol–water partition coefficient (Wildman–Crippen LogP) is 4.69. The van der Waals surface area contributed by atoms with Crippen molar-refractivity contribution in [3.05, 3.63) is 77.2 Å². The molecule has 5 rings (SSSR count). The number of hydrogen-bond donors (Lipinski definition) is 1. The van der Waals surface area contributed by atoms with Crippen LogP contribution >= 0.6 is 0 Å². The lowest BCUT2D eigenvalue weighted by Crippen LogP contribution is -2.26. The van der Waals surface area contributed by atoms with Gasteiger partial charge in [-0.25, -0.2) is 13.4 Å². The number of nitrogens with zero attached hydrogens (tertiary/aromatic N) is 3. The third-order valence-electron chi connectivity index (χ3n) is 6.74. The molecule has 1 atom stereocenters. The van der Waals surface area contributed by atoms with Crippen LogP contribution in [0.25, 0.3) is 0 Å². The number of hydrogen-bond acceptors (Lipinski definition) is 6. The number of likely N-dealkylation sites (tertiary alicyclic amines) is 1. The van der Waals surface area contributed by atoms with Crippen LogP contribution in [0.4, 0.5) is 15.9 Å². The lowest BCUT2D eigenvalue weighted by molar-refractivity contribution is 0.336. The molecular formula is C28H29FN4O3S. The van der Waals surface area contributed by atoms with Gasteiger partial charge in [0, 0.05) is 11.6 Å². The summed E-state index contributed by atoms with van der Waals surface area (Å²) < 4.78 is 47.7. The Balaban J connectivity index is 1.35. The normalized spacial score (nSPS) is 16.0. The minimum atomic E-state index is -3.99. The molecule has 2 aliphatic heterocycles. The van der Waals surface area contributed by atoms with Crippen LogP contribution < -0.4 is 14.4 Å². The fourth-order valence-electron chi connectivity index (χ4n) is 4.72. The maximum Gasteiger partial charge on any atom is 0.263 e. The van der Waals surface area contributed by atoms with E-state index in [0.717, 1.165) is 42.5 Å². The summed E-state index contributed by atoms with van der Waals surface area (Å²) >= 11 is 0. The van der Waals surface area contributed by atoms with Crippen molar-refractivity contribution in [1.82, 2.24) is 9.88 Å². The number of rotatable bonds is 6. The molecule has 0 spiro atoms. The summed E-state index contributed by atoms with van der Waals surface area (Å²) in [5.41, 5.74) is 3.43. The Kier molecular flexibility index (Phi) is 7.04. The highest BCUT2D eigenvalue weighted by atomic mass is 32.2. The molecule has 192 valence electrons. The summed E-state index contributed by atoms with van der Waals surface area (Å²) in [4.78, 5) is 8.12. The summed E-state index contributed by atoms with van der Waals surface area (Å²) in [6.07, 6.45) is 2.50. The number of aryl methyl sites for hydroxylation is 1. The summed E-state index contributed by atoms with van der Waals surface area (Å²) in [6.45, 7) is 7.16. The van der Waals surface area contributed by atoms with E-state index in [1.807, 2.05) is 18.2 Å². The van der Waals surface area contributed by atoms with Crippen molar-refractivity contribution in [2.75, 3.05) is 36.0 Å². The average molecular weight is 521 g/mol. The van der Waals surface area contributed by atoms with Gasteiger partial charge in [-0.2, -0.15) is 4.39 Å². The van der Waals surface area contributed by atoms with E-state index < -0.39 is 16.0 Å². The second kappa shape index (κ2) is 10.4. The maximum atomic E-state index is 13.4. The Labute approximate surface area is 217 Å². The van der Waals surface area contributed by atoms with E-state index in [2.05, 4.69) is 50.4 Å². The summed E-state index contributed by atoms with van der Waals surface area (Å²) in [5, 5.41) is 0. The molecule has 1 aromatic heterocycles. The number of sulfonamides is 1. The van der Waals surface area contributed by atoms with Gasteiger partial charge in [-0.3, -0.25) is 9.62 Å². The number of nitrogens with one attached hydrogen (secondary N) is 1. The topological polar surface area (TPSA) is 74.8 Å². The number of benzene rings is 2. The summed E-state index contributed by atoms with van der Waals surface area (Å²) in [7, 11) is -3.99. The zero-order valence-electron chi connectivity index (χ0n) is 20.9. The standard InChI is InChI=1S/C28H29FN4O3S/c1-20-16-24-25(18-26(20)37(34,35)31-28-12-6-11-27(29)30-28)36-19-33(24)21(2)23-10-5-8-22(17-23)9-7-15-32-13-3-4-14-32/h5-6,8,10-12,16-18,21H,3-4,13-15,19H2,1-2H3,(H,30,31)/t21-/m1/s1. The van der Waals surface area contributed by atoms with Crippen LogP contribution in [-0.2, 0) is 10.0 Å². The molecule has 7 nitrogen and oxygen atoms in total. The maximum absolute atomic E-state index is 13.4. The second-order valence-electron chi connectivity index (χ2n) is 9.37. The fourth-order valence-corrected chi connectivity index (χ4v) is 5.96. The molecule has 0 aliphatic carbocycles. The summed E-state index contributed by atoms with van der Waals surface area (Å²) in [6, 6.07) is 15.4. The molecule has 2 aliphatic rings. The minimum Gasteiger partial charge on any atom is -0.471 e. The lowest BCUT2D eigenvalue weighted by Gasteiger charge is -2.26. The van der Waals surface area contributed by atoms with Gasteiger partial charge in [-0.05, 0) is 81.2 Å². The van der Waals surface area contributed by atoms with Crippen molar-refractivity contribution in [2.24, 2.45) is 0 Å². The van der Waals surface area contributed by atoms with Crippen LogP contribution in [0, 0.1) is 24.7 Å². The number of halogens is 1. The van der Waals surface area contributed by atoms with Gasteiger partial charge in [0.05, 0.1) is 23.2 Å². The van der Waals surface area contributed by atoms with Crippen LogP contribution in [0.15, 0.2) is 59.5 Å². The van der Waals surface area contributed by atoms with Crippen LogP contribution in [-0.4, -0.2) is 44.7 Å². The van der Waals surface area contributed by atoms with Gasteiger partial charge in [0.2, 0.25) is 5.95 Å². The molecule has 0 bridgehead atoms. The molecular weight excluding hydrogens is 491 g/mol. The first kappa shape index (κ1) is 25.1. The van der Waals surface area contributed by atoms with Gasteiger partial charge in [-0.15, -0.1) is 0 Å². The number of fused-ring (bicyclic) bond motifs is 1. The largest absolute Gasteiger partial charge is 0.471 e. The monoisotopic (exact) mass is 520 g/mol. The zero-order chi connectivity index (χ0) is 26.0. The first-order chi connectivity index (χ1) is 17.8. The Morgan fingerprint density at radius 3 is 2.70 bits per heavy atom. The van der Waals surface area contributed by atoms with Gasteiger partial charge in [0.15, 0.2) is 6.73 Å². The number of anilines is 2. The zero-order valence-corrected chi connectivity index (χ0v) is 21.7. The molecule has 1 fully saturated rings. The molecule has 2 aromatic carbocycles. The highest BCUT2D eigenvalue weighted by Gasteiger charge is 2.29. The van der Waals surface area contributed by atoms with Crippen LogP contribution in [0.1, 0.15) is 42.5 Å². The van der Waals surface area contributed by atoms with Crippen LogP contribution in [0.2, 0.25) is 0 Å². The molecule has 0 radical (unpaired) electrons. The molecule has 3 aromatic rings. The minimum absolute atomic E-state index is 0.0157. The molecule has 0 saturated carbocycles. The predicted molar refractivity (Wildman–Crippen MR) is 142 cm³/mol. The SMILES string of the molecule is Cc1cc2c(cc1S(=O)(=O)Nc1cccc(F)n1)OCN2[C@H](C)c1cccc(C#CCN2CCCC2)c1. The molecule has 0 amide bonds. The van der Waals surface area contributed by atoms with Crippen molar-refractivity contribution < 1.29 is 17.5 Å². The molecule has 37 heavy (non-hydrogen) atoms. The van der Waals surface area contributed by atoms with Crippen molar-refractivity contribution in [2.45, 2.75) is 37.6 Å².